The number of hydrogen-bond acceptors (Lipinski definition) is 5. The van der Waals surface area contributed by atoms with Crippen molar-refractivity contribution in [3.8, 4) is 5.75 Å². The normalized spacial score (nSPS) is 10.1. The van der Waals surface area contributed by atoms with Gasteiger partial charge in [0.05, 0.1) is 0 Å². The van der Waals surface area contributed by atoms with E-state index in [1.807, 2.05) is 0 Å². The number of nitrogens with one attached hydrogen (secondary N) is 1. The molecule has 0 radical (unpaired) electrons. The zero-order chi connectivity index (χ0) is 13.0. The van der Waals surface area contributed by atoms with Crippen LogP contribution in [0.2, 0.25) is 5.02 Å². The zero-order valence-electron chi connectivity index (χ0n) is 9.51. The van der Waals surface area contributed by atoms with Gasteiger partial charge in [-0.3, -0.25) is 10.1 Å². The summed E-state index contributed by atoms with van der Waals surface area (Å²) in [4.78, 5) is 15.6. The lowest BCUT2D eigenvalue weighted by Crippen LogP contribution is -2.20. The molecule has 0 bridgehead atoms. The zero-order valence-corrected chi connectivity index (χ0v) is 11.1. The summed E-state index contributed by atoms with van der Waals surface area (Å²) in [6.07, 6.45) is 0. The maximum absolute atomic E-state index is 11.5. The fourth-order valence-electron chi connectivity index (χ4n) is 1.18. The van der Waals surface area contributed by atoms with Crippen LogP contribution in [-0.2, 0) is 4.79 Å². The van der Waals surface area contributed by atoms with Crippen molar-refractivity contribution < 1.29 is 9.53 Å². The second kappa shape index (κ2) is 5.79. The predicted octanol–water partition coefficient (Wildman–Crippen LogP) is 2.52. The van der Waals surface area contributed by atoms with E-state index < -0.39 is 0 Å². The Labute approximate surface area is 113 Å². The Morgan fingerprint density at radius 3 is 2.78 bits per heavy atom. The summed E-state index contributed by atoms with van der Waals surface area (Å²) in [7, 11) is 0. The molecule has 1 aromatic heterocycles. The van der Waals surface area contributed by atoms with Gasteiger partial charge in [-0.2, -0.15) is 4.37 Å². The number of halogens is 1. The molecule has 5 nitrogen and oxygen atoms in total. The fourth-order valence-corrected chi connectivity index (χ4v) is 1.90. The first-order chi connectivity index (χ1) is 8.63. The van der Waals surface area contributed by atoms with Gasteiger partial charge in [0.25, 0.3) is 5.91 Å². The molecule has 0 saturated carbocycles. The number of ether oxygens (including phenoxy) is 1. The Morgan fingerprint density at radius 1 is 1.44 bits per heavy atom. The Morgan fingerprint density at radius 2 is 2.17 bits per heavy atom. The summed E-state index contributed by atoms with van der Waals surface area (Å²) in [6, 6.07) is 6.79. The van der Waals surface area contributed by atoms with Crippen LogP contribution in [0.25, 0.3) is 0 Å². The van der Waals surface area contributed by atoms with Gasteiger partial charge in [-0.05, 0) is 31.2 Å². The number of aryl methyl sites for hydroxylation is 1. The lowest BCUT2D eigenvalue weighted by Gasteiger charge is -2.05. The van der Waals surface area contributed by atoms with Crippen molar-refractivity contribution in [1.82, 2.24) is 9.36 Å². The SMILES string of the molecule is Cc1nsc(NC(=O)COc2ccc(Cl)cc2)n1. The largest absolute Gasteiger partial charge is 0.484 e. The van der Waals surface area contributed by atoms with E-state index in [4.69, 9.17) is 16.3 Å². The Bertz CT molecular complexity index is 541. The fraction of sp³-hybridized carbons (Fsp3) is 0.182. The molecule has 0 unspecified atom stereocenters. The lowest BCUT2D eigenvalue weighted by molar-refractivity contribution is -0.118. The Balaban J connectivity index is 1.83. The number of benzene rings is 1. The molecule has 0 aliphatic rings. The smallest absolute Gasteiger partial charge is 0.264 e. The monoisotopic (exact) mass is 283 g/mol. The van der Waals surface area contributed by atoms with Gasteiger partial charge >= 0.3 is 0 Å². The van der Waals surface area contributed by atoms with Crippen LogP contribution in [-0.4, -0.2) is 21.9 Å². The number of carbonyl (C=O) groups is 1. The van der Waals surface area contributed by atoms with E-state index in [-0.39, 0.29) is 12.5 Å². The van der Waals surface area contributed by atoms with Gasteiger partial charge in [0, 0.05) is 16.6 Å². The third-order valence-electron chi connectivity index (χ3n) is 1.96. The van der Waals surface area contributed by atoms with Crippen molar-refractivity contribution >= 4 is 34.2 Å². The van der Waals surface area contributed by atoms with E-state index in [1.165, 1.54) is 0 Å². The first-order valence-electron chi connectivity index (χ1n) is 5.12. The van der Waals surface area contributed by atoms with Crippen molar-refractivity contribution in [3.05, 3.63) is 35.1 Å². The van der Waals surface area contributed by atoms with Crippen LogP contribution in [0.3, 0.4) is 0 Å². The van der Waals surface area contributed by atoms with Crippen molar-refractivity contribution in [2.24, 2.45) is 0 Å². The highest BCUT2D eigenvalue weighted by atomic mass is 35.5. The number of carbonyl (C=O) groups excluding carboxylic acids is 1. The Hall–Kier alpha value is -1.66. The van der Waals surface area contributed by atoms with Gasteiger partial charge in [-0.15, -0.1) is 0 Å². The molecule has 0 fully saturated rings. The summed E-state index contributed by atoms with van der Waals surface area (Å²) in [5.41, 5.74) is 0. The quantitative estimate of drug-likeness (QED) is 0.936. The van der Waals surface area contributed by atoms with Gasteiger partial charge in [-0.25, -0.2) is 4.98 Å². The maximum Gasteiger partial charge on any atom is 0.264 e. The Kier molecular flexibility index (Phi) is 4.11. The second-order valence-corrected chi connectivity index (χ2v) is 4.63. The minimum Gasteiger partial charge on any atom is -0.484 e. The third-order valence-corrected chi connectivity index (χ3v) is 2.93. The first-order valence-corrected chi connectivity index (χ1v) is 6.27. The highest BCUT2D eigenvalue weighted by Crippen LogP contribution is 2.15. The summed E-state index contributed by atoms with van der Waals surface area (Å²) in [5, 5.41) is 3.69. The van der Waals surface area contributed by atoms with Crippen LogP contribution >= 0.6 is 23.1 Å². The van der Waals surface area contributed by atoms with E-state index in [0.717, 1.165) is 11.5 Å². The van der Waals surface area contributed by atoms with Crippen LogP contribution in [0.1, 0.15) is 5.82 Å². The number of anilines is 1. The highest BCUT2D eigenvalue weighted by molar-refractivity contribution is 7.09. The molecule has 2 aromatic rings. The standard InChI is InChI=1S/C11H10ClN3O2S/c1-7-13-11(18-15-7)14-10(16)6-17-9-4-2-8(12)3-5-9/h2-5H,6H2,1H3,(H,13,14,15,16). The first kappa shape index (κ1) is 12.8. The van der Waals surface area contributed by atoms with E-state index in [1.54, 1.807) is 31.2 Å². The van der Waals surface area contributed by atoms with Crippen molar-refractivity contribution in [2.75, 3.05) is 11.9 Å². The summed E-state index contributed by atoms with van der Waals surface area (Å²) in [5.74, 6) is 0.943. The molecule has 1 heterocycles. The van der Waals surface area contributed by atoms with Gasteiger partial charge in [0.2, 0.25) is 5.13 Å². The minimum absolute atomic E-state index is 0.0831. The van der Waals surface area contributed by atoms with E-state index >= 15 is 0 Å². The molecular formula is C11H10ClN3O2S. The minimum atomic E-state index is -0.277. The summed E-state index contributed by atoms with van der Waals surface area (Å²) in [6.45, 7) is 1.68. The molecule has 0 atom stereocenters. The van der Waals surface area contributed by atoms with Gasteiger partial charge in [0.1, 0.15) is 11.6 Å². The van der Waals surface area contributed by atoms with E-state index in [9.17, 15) is 4.79 Å². The van der Waals surface area contributed by atoms with Gasteiger partial charge in [0.15, 0.2) is 6.61 Å². The molecule has 0 saturated heterocycles. The highest BCUT2D eigenvalue weighted by Gasteiger charge is 2.06. The number of hydrogen-bond donors (Lipinski definition) is 1. The van der Waals surface area contributed by atoms with Crippen LogP contribution in [0, 0.1) is 6.92 Å². The molecule has 0 spiro atoms. The average molecular weight is 284 g/mol. The summed E-state index contributed by atoms with van der Waals surface area (Å²) >= 11 is 6.87. The van der Waals surface area contributed by atoms with Gasteiger partial charge < -0.3 is 4.74 Å². The summed E-state index contributed by atoms with van der Waals surface area (Å²) < 4.78 is 9.25. The molecule has 1 N–H and O–H groups in total. The molecule has 2 rings (SSSR count). The number of rotatable bonds is 4. The maximum atomic E-state index is 11.5. The number of aromatic nitrogens is 2. The van der Waals surface area contributed by atoms with Crippen molar-refractivity contribution in [3.63, 3.8) is 0 Å². The van der Waals surface area contributed by atoms with Gasteiger partial charge in [-0.1, -0.05) is 11.6 Å². The molecular weight excluding hydrogens is 274 g/mol. The molecule has 1 aromatic carbocycles. The van der Waals surface area contributed by atoms with Crippen LogP contribution in [0.15, 0.2) is 24.3 Å². The molecule has 1 amide bonds. The van der Waals surface area contributed by atoms with Crippen LogP contribution in [0.4, 0.5) is 5.13 Å². The van der Waals surface area contributed by atoms with Crippen molar-refractivity contribution in [1.29, 1.82) is 0 Å². The average Bonchev–Trinajstić information content (AvgIpc) is 2.74. The molecule has 0 aliphatic heterocycles. The molecule has 0 aliphatic carbocycles. The molecule has 94 valence electrons. The van der Waals surface area contributed by atoms with Crippen molar-refractivity contribution in [2.45, 2.75) is 6.92 Å². The number of nitrogens with zero attached hydrogens (tertiary/aromatic N) is 2. The molecule has 7 heteroatoms. The van der Waals surface area contributed by atoms with E-state index in [2.05, 4.69) is 14.7 Å². The topological polar surface area (TPSA) is 64.1 Å². The van der Waals surface area contributed by atoms with E-state index in [0.29, 0.717) is 21.7 Å². The molecule has 18 heavy (non-hydrogen) atoms. The second-order valence-electron chi connectivity index (χ2n) is 3.44. The van der Waals surface area contributed by atoms with Crippen LogP contribution in [0.5, 0.6) is 5.75 Å². The number of amides is 1. The third kappa shape index (κ3) is 3.68. The lowest BCUT2D eigenvalue weighted by atomic mass is 10.3. The van der Waals surface area contributed by atoms with Crippen LogP contribution < -0.4 is 10.1 Å². The predicted molar refractivity (Wildman–Crippen MR) is 70.2 cm³/mol.